The first kappa shape index (κ1) is 15.4. The van der Waals surface area contributed by atoms with Crippen LogP contribution in [0.3, 0.4) is 0 Å². The Bertz CT molecular complexity index is 373. The Morgan fingerprint density at radius 2 is 1.83 bits per heavy atom. The van der Waals surface area contributed by atoms with Crippen LogP contribution in [0, 0.1) is 5.92 Å². The number of hydrogen-bond acceptors (Lipinski definition) is 4. The lowest BCUT2D eigenvalue weighted by atomic mass is 10.0. The molecule has 1 aliphatic rings. The van der Waals surface area contributed by atoms with Crippen molar-refractivity contribution < 1.29 is 13.2 Å². The molecular formula is C10H22N4O3S. The van der Waals surface area contributed by atoms with Gasteiger partial charge < -0.3 is 10.6 Å². The molecule has 1 heterocycles. The molecule has 0 aromatic heterocycles. The lowest BCUT2D eigenvalue weighted by Gasteiger charge is -2.33. The van der Waals surface area contributed by atoms with Crippen molar-refractivity contribution in [3.05, 3.63) is 0 Å². The SMILES string of the molecule is CCC(CN)CC(=O)N1CCN(S(N)(=O)=O)CC1. The summed E-state index contributed by atoms with van der Waals surface area (Å²) in [5.41, 5.74) is 5.57. The molecule has 106 valence electrons. The number of piperazine rings is 1. The second-order valence-electron chi connectivity index (χ2n) is 4.54. The molecule has 0 aliphatic carbocycles. The van der Waals surface area contributed by atoms with Crippen molar-refractivity contribution in [2.75, 3.05) is 32.7 Å². The summed E-state index contributed by atoms with van der Waals surface area (Å²) in [7, 11) is -3.63. The molecule has 1 aliphatic heterocycles. The smallest absolute Gasteiger partial charge is 0.277 e. The molecule has 0 saturated carbocycles. The Hall–Kier alpha value is -0.700. The lowest BCUT2D eigenvalue weighted by Crippen LogP contribution is -2.52. The molecule has 0 aromatic carbocycles. The third-order valence-corrected chi connectivity index (χ3v) is 4.41. The molecule has 0 radical (unpaired) electrons. The first-order chi connectivity index (χ1) is 8.38. The number of hydrogen-bond donors (Lipinski definition) is 2. The van der Waals surface area contributed by atoms with Crippen LogP contribution >= 0.6 is 0 Å². The molecule has 18 heavy (non-hydrogen) atoms. The molecule has 0 spiro atoms. The zero-order valence-electron chi connectivity index (χ0n) is 10.7. The third kappa shape index (κ3) is 4.20. The van der Waals surface area contributed by atoms with E-state index in [2.05, 4.69) is 0 Å². The predicted molar refractivity (Wildman–Crippen MR) is 68.7 cm³/mol. The predicted octanol–water partition coefficient (Wildman–Crippen LogP) is -1.29. The summed E-state index contributed by atoms with van der Waals surface area (Å²) in [5.74, 6) is 0.246. The van der Waals surface area contributed by atoms with E-state index in [1.807, 2.05) is 6.92 Å². The minimum absolute atomic E-state index is 0.0429. The molecule has 0 bridgehead atoms. The molecule has 8 heteroatoms. The maximum atomic E-state index is 12.0. The molecule has 4 N–H and O–H groups in total. The summed E-state index contributed by atoms with van der Waals surface area (Å²) in [6.07, 6.45) is 1.31. The molecule has 1 atom stereocenters. The highest BCUT2D eigenvalue weighted by molar-refractivity contribution is 7.86. The van der Waals surface area contributed by atoms with Gasteiger partial charge in [0.15, 0.2) is 0 Å². The van der Waals surface area contributed by atoms with Crippen LogP contribution in [0.2, 0.25) is 0 Å². The number of carbonyl (C=O) groups is 1. The highest BCUT2D eigenvalue weighted by Gasteiger charge is 2.27. The van der Waals surface area contributed by atoms with Crippen molar-refractivity contribution in [3.63, 3.8) is 0 Å². The van der Waals surface area contributed by atoms with Crippen LogP contribution in [0.25, 0.3) is 0 Å². The van der Waals surface area contributed by atoms with E-state index in [1.165, 1.54) is 4.31 Å². The fraction of sp³-hybridized carbons (Fsp3) is 0.900. The van der Waals surface area contributed by atoms with Crippen molar-refractivity contribution in [1.82, 2.24) is 9.21 Å². The fourth-order valence-corrected chi connectivity index (χ4v) is 2.63. The van der Waals surface area contributed by atoms with Crippen molar-refractivity contribution in [2.45, 2.75) is 19.8 Å². The van der Waals surface area contributed by atoms with E-state index in [0.29, 0.717) is 26.1 Å². The van der Waals surface area contributed by atoms with Crippen LogP contribution in [0.4, 0.5) is 0 Å². The van der Waals surface area contributed by atoms with Gasteiger partial charge in [0.2, 0.25) is 5.91 Å². The van der Waals surface area contributed by atoms with Gasteiger partial charge in [0.25, 0.3) is 10.2 Å². The van der Waals surface area contributed by atoms with E-state index in [-0.39, 0.29) is 24.9 Å². The van der Waals surface area contributed by atoms with Gasteiger partial charge in [-0.25, -0.2) is 5.14 Å². The summed E-state index contributed by atoms with van der Waals surface area (Å²) >= 11 is 0. The molecule has 0 aromatic rings. The van der Waals surface area contributed by atoms with Crippen LogP contribution in [0.1, 0.15) is 19.8 Å². The maximum Gasteiger partial charge on any atom is 0.277 e. The minimum Gasteiger partial charge on any atom is -0.340 e. The van der Waals surface area contributed by atoms with E-state index < -0.39 is 10.2 Å². The second-order valence-corrected chi connectivity index (χ2v) is 6.09. The van der Waals surface area contributed by atoms with Gasteiger partial charge in [-0.3, -0.25) is 4.79 Å². The lowest BCUT2D eigenvalue weighted by molar-refractivity contribution is -0.133. The summed E-state index contributed by atoms with van der Waals surface area (Å²) in [6.45, 7) is 3.84. The first-order valence-corrected chi connectivity index (χ1v) is 7.64. The van der Waals surface area contributed by atoms with E-state index in [4.69, 9.17) is 10.9 Å². The van der Waals surface area contributed by atoms with Gasteiger partial charge in [-0.05, 0) is 12.5 Å². The highest BCUT2D eigenvalue weighted by Crippen LogP contribution is 2.11. The van der Waals surface area contributed by atoms with Crippen LogP contribution < -0.4 is 10.9 Å². The number of nitrogens with zero attached hydrogens (tertiary/aromatic N) is 2. The number of carbonyl (C=O) groups excluding carboxylic acids is 1. The van der Waals surface area contributed by atoms with Crippen LogP contribution in [-0.4, -0.2) is 56.3 Å². The number of amides is 1. The highest BCUT2D eigenvalue weighted by atomic mass is 32.2. The van der Waals surface area contributed by atoms with Crippen molar-refractivity contribution in [3.8, 4) is 0 Å². The molecule has 7 nitrogen and oxygen atoms in total. The normalized spacial score (nSPS) is 19.8. The maximum absolute atomic E-state index is 12.0. The quantitative estimate of drug-likeness (QED) is 0.652. The zero-order chi connectivity index (χ0) is 13.8. The number of nitrogens with two attached hydrogens (primary N) is 2. The Morgan fingerprint density at radius 3 is 2.22 bits per heavy atom. The monoisotopic (exact) mass is 278 g/mol. The third-order valence-electron chi connectivity index (χ3n) is 3.33. The first-order valence-electron chi connectivity index (χ1n) is 6.14. The molecule has 1 saturated heterocycles. The average molecular weight is 278 g/mol. The summed E-state index contributed by atoms with van der Waals surface area (Å²) in [4.78, 5) is 13.6. The Labute approximate surface area is 108 Å². The topological polar surface area (TPSA) is 110 Å². The standard InChI is InChI=1S/C10H22N4O3S/c1-2-9(8-11)7-10(15)13-3-5-14(6-4-13)18(12,16)17/h9H,2-8,11H2,1H3,(H2,12,16,17). The van der Waals surface area contributed by atoms with Gasteiger partial charge in [0.05, 0.1) is 0 Å². The van der Waals surface area contributed by atoms with Crippen LogP contribution in [-0.2, 0) is 15.0 Å². The molecule has 1 unspecified atom stereocenters. The second kappa shape index (κ2) is 6.46. The fourth-order valence-electron chi connectivity index (χ4n) is 1.96. The van der Waals surface area contributed by atoms with E-state index in [0.717, 1.165) is 6.42 Å². The average Bonchev–Trinajstić information content (AvgIpc) is 2.34. The van der Waals surface area contributed by atoms with E-state index in [9.17, 15) is 13.2 Å². The van der Waals surface area contributed by atoms with Gasteiger partial charge in [-0.15, -0.1) is 0 Å². The summed E-state index contributed by atoms with van der Waals surface area (Å²) in [5, 5.41) is 5.03. The van der Waals surface area contributed by atoms with Crippen LogP contribution in [0.5, 0.6) is 0 Å². The molecular weight excluding hydrogens is 256 g/mol. The van der Waals surface area contributed by atoms with Crippen molar-refractivity contribution >= 4 is 16.1 Å². The number of rotatable bonds is 5. The van der Waals surface area contributed by atoms with E-state index in [1.54, 1.807) is 4.90 Å². The van der Waals surface area contributed by atoms with Gasteiger partial charge in [0, 0.05) is 32.6 Å². The summed E-state index contributed by atoms with van der Waals surface area (Å²) < 4.78 is 23.4. The molecule has 1 fully saturated rings. The van der Waals surface area contributed by atoms with E-state index >= 15 is 0 Å². The largest absolute Gasteiger partial charge is 0.340 e. The Balaban J connectivity index is 2.45. The molecule has 1 rings (SSSR count). The van der Waals surface area contributed by atoms with Gasteiger partial charge in [0.1, 0.15) is 0 Å². The van der Waals surface area contributed by atoms with Gasteiger partial charge in [-0.2, -0.15) is 12.7 Å². The van der Waals surface area contributed by atoms with Crippen molar-refractivity contribution in [2.24, 2.45) is 16.8 Å². The summed E-state index contributed by atoms with van der Waals surface area (Å²) in [6, 6.07) is 0. The van der Waals surface area contributed by atoms with Gasteiger partial charge in [-0.1, -0.05) is 13.3 Å². The Kier molecular flexibility index (Phi) is 5.51. The molecule has 1 amide bonds. The minimum atomic E-state index is -3.63. The Morgan fingerprint density at radius 1 is 1.28 bits per heavy atom. The van der Waals surface area contributed by atoms with Crippen LogP contribution in [0.15, 0.2) is 0 Å². The van der Waals surface area contributed by atoms with Gasteiger partial charge >= 0.3 is 0 Å². The van der Waals surface area contributed by atoms with Crippen molar-refractivity contribution in [1.29, 1.82) is 0 Å². The zero-order valence-corrected chi connectivity index (χ0v) is 11.5.